The van der Waals surface area contributed by atoms with E-state index in [2.05, 4.69) is 23.6 Å². The van der Waals surface area contributed by atoms with Crippen LogP contribution in [0.3, 0.4) is 0 Å². The highest BCUT2D eigenvalue weighted by atomic mass is 16.7. The maximum Gasteiger partial charge on any atom is 0.327 e. The van der Waals surface area contributed by atoms with Crippen molar-refractivity contribution < 1.29 is 9.63 Å². The summed E-state index contributed by atoms with van der Waals surface area (Å²) < 4.78 is 0. The van der Waals surface area contributed by atoms with Gasteiger partial charge in [-0.25, -0.2) is 5.84 Å². The van der Waals surface area contributed by atoms with Gasteiger partial charge in [-0.1, -0.05) is 12.5 Å². The van der Waals surface area contributed by atoms with Crippen LogP contribution in [0.2, 0.25) is 0 Å². The fourth-order valence-corrected chi connectivity index (χ4v) is 2.04. The van der Waals surface area contributed by atoms with E-state index in [0.29, 0.717) is 12.5 Å². The molecule has 1 aliphatic heterocycles. The largest absolute Gasteiger partial charge is 0.356 e. The highest BCUT2D eigenvalue weighted by Crippen LogP contribution is 2.21. The second-order valence-electron chi connectivity index (χ2n) is 4.37. The second kappa shape index (κ2) is 6.05. The van der Waals surface area contributed by atoms with Crippen molar-refractivity contribution in [2.24, 2.45) is 11.8 Å². The smallest absolute Gasteiger partial charge is 0.327 e. The fourth-order valence-electron chi connectivity index (χ4n) is 2.04. The molecule has 1 heterocycles. The zero-order valence-corrected chi connectivity index (χ0v) is 9.53. The highest BCUT2D eigenvalue weighted by Gasteiger charge is 2.23. The van der Waals surface area contributed by atoms with Crippen LogP contribution in [0.5, 0.6) is 0 Å². The van der Waals surface area contributed by atoms with Gasteiger partial charge in [0.2, 0.25) is 0 Å². The Morgan fingerprint density at radius 3 is 2.93 bits per heavy atom. The molecule has 1 fully saturated rings. The number of nitrogens with zero attached hydrogens (tertiary/aromatic N) is 1. The van der Waals surface area contributed by atoms with Crippen LogP contribution in [0, 0.1) is 5.92 Å². The topological polar surface area (TPSA) is 67.6 Å². The molecule has 2 unspecified atom stereocenters. The molecule has 0 aromatic carbocycles. The van der Waals surface area contributed by atoms with Gasteiger partial charge < -0.3 is 4.84 Å². The van der Waals surface area contributed by atoms with Gasteiger partial charge in [0, 0.05) is 19.1 Å². The average Bonchev–Trinajstić information content (AvgIpc) is 2.20. The number of carbonyl (C=O) groups excluding carboxylic acids is 1. The first-order valence-electron chi connectivity index (χ1n) is 5.52. The van der Waals surface area contributed by atoms with E-state index < -0.39 is 0 Å². The summed E-state index contributed by atoms with van der Waals surface area (Å²) >= 11 is 0. The summed E-state index contributed by atoms with van der Waals surface area (Å²) in [5.41, 5.74) is 1.91. The first-order valence-corrected chi connectivity index (χ1v) is 5.52. The van der Waals surface area contributed by atoms with E-state index in [0.717, 1.165) is 19.0 Å². The van der Waals surface area contributed by atoms with Crippen molar-refractivity contribution >= 4 is 5.97 Å². The van der Waals surface area contributed by atoms with Gasteiger partial charge in [0.1, 0.15) is 0 Å². The molecule has 0 amide bonds. The van der Waals surface area contributed by atoms with Crippen molar-refractivity contribution in [1.82, 2.24) is 10.5 Å². The Labute approximate surface area is 90.9 Å². The molecule has 5 heteroatoms. The summed E-state index contributed by atoms with van der Waals surface area (Å²) in [6.07, 6.45) is 2.89. The van der Waals surface area contributed by atoms with Gasteiger partial charge in [-0.15, -0.1) is 0 Å². The van der Waals surface area contributed by atoms with Gasteiger partial charge in [-0.3, -0.25) is 9.69 Å². The lowest BCUT2D eigenvalue weighted by atomic mass is 9.95. The van der Waals surface area contributed by atoms with Crippen LogP contribution in [-0.2, 0) is 9.63 Å². The molecule has 5 nitrogen and oxygen atoms in total. The van der Waals surface area contributed by atoms with Crippen molar-refractivity contribution in [3.05, 3.63) is 0 Å². The Morgan fingerprint density at radius 2 is 2.27 bits per heavy atom. The number of piperidine rings is 1. The molecule has 1 saturated heterocycles. The third kappa shape index (κ3) is 4.15. The van der Waals surface area contributed by atoms with Crippen LogP contribution in [0.4, 0.5) is 0 Å². The van der Waals surface area contributed by atoms with Crippen LogP contribution in [0.15, 0.2) is 0 Å². The summed E-state index contributed by atoms with van der Waals surface area (Å²) in [5, 5.41) is 0. The number of hydrogen-bond donors (Lipinski definition) is 2. The molecule has 3 N–H and O–H groups in total. The minimum Gasteiger partial charge on any atom is -0.356 e. The molecule has 0 radical (unpaired) electrons. The summed E-state index contributed by atoms with van der Waals surface area (Å²) in [6, 6.07) is 0.569. The van der Waals surface area contributed by atoms with Gasteiger partial charge in [0.25, 0.3) is 0 Å². The van der Waals surface area contributed by atoms with E-state index in [9.17, 15) is 4.79 Å². The fraction of sp³-hybridized carbons (Fsp3) is 0.900. The predicted octanol–water partition coefficient (Wildman–Crippen LogP) is 0.418. The van der Waals surface area contributed by atoms with Crippen molar-refractivity contribution in [1.29, 1.82) is 0 Å². The minimum absolute atomic E-state index is 0.303. The van der Waals surface area contributed by atoms with Crippen LogP contribution in [-0.4, -0.2) is 30.0 Å². The molecule has 0 aliphatic carbocycles. The zero-order chi connectivity index (χ0) is 11.3. The molecular formula is C10H21N3O2. The Hall–Kier alpha value is -0.650. The van der Waals surface area contributed by atoms with Gasteiger partial charge in [0.05, 0.1) is 6.42 Å². The zero-order valence-electron chi connectivity index (χ0n) is 9.53. The van der Waals surface area contributed by atoms with Crippen molar-refractivity contribution in [3.8, 4) is 0 Å². The van der Waals surface area contributed by atoms with Crippen molar-refractivity contribution in [3.63, 3.8) is 0 Å². The van der Waals surface area contributed by atoms with Crippen molar-refractivity contribution in [2.45, 2.75) is 39.2 Å². The third-order valence-corrected chi connectivity index (χ3v) is 3.02. The van der Waals surface area contributed by atoms with E-state index in [1.54, 1.807) is 0 Å². The first-order chi connectivity index (χ1) is 7.13. The van der Waals surface area contributed by atoms with E-state index in [4.69, 9.17) is 5.84 Å². The van der Waals surface area contributed by atoms with Gasteiger partial charge in [-0.2, -0.15) is 0 Å². The second-order valence-corrected chi connectivity index (χ2v) is 4.37. The Morgan fingerprint density at radius 1 is 1.53 bits per heavy atom. The lowest BCUT2D eigenvalue weighted by Gasteiger charge is -2.36. The van der Waals surface area contributed by atoms with E-state index in [1.807, 2.05) is 5.59 Å². The van der Waals surface area contributed by atoms with E-state index in [-0.39, 0.29) is 5.97 Å². The molecule has 15 heavy (non-hydrogen) atoms. The molecule has 1 rings (SSSR count). The normalized spacial score (nSPS) is 27.7. The Kier molecular flexibility index (Phi) is 5.01. The molecule has 0 saturated carbocycles. The van der Waals surface area contributed by atoms with E-state index in [1.165, 1.54) is 12.8 Å². The highest BCUT2D eigenvalue weighted by molar-refractivity contribution is 5.69. The molecule has 0 aromatic heterocycles. The summed E-state index contributed by atoms with van der Waals surface area (Å²) in [5.74, 6) is 5.30. The van der Waals surface area contributed by atoms with Gasteiger partial charge >= 0.3 is 5.97 Å². The molecule has 0 aromatic rings. The monoisotopic (exact) mass is 215 g/mol. The quantitative estimate of drug-likeness (QED) is 0.525. The number of hydrazine groups is 1. The predicted molar refractivity (Wildman–Crippen MR) is 57.5 cm³/mol. The Balaban J connectivity index is 2.27. The first kappa shape index (κ1) is 12.4. The lowest BCUT2D eigenvalue weighted by molar-refractivity contribution is -0.151. The summed E-state index contributed by atoms with van der Waals surface area (Å²) in [6.45, 7) is 6.29. The summed E-state index contributed by atoms with van der Waals surface area (Å²) in [4.78, 5) is 17.9. The number of rotatable bonds is 4. The van der Waals surface area contributed by atoms with Crippen LogP contribution in [0.1, 0.15) is 33.1 Å². The maximum absolute atomic E-state index is 11.1. The van der Waals surface area contributed by atoms with E-state index >= 15 is 0 Å². The number of hydrogen-bond acceptors (Lipinski definition) is 5. The molecule has 1 aliphatic rings. The SMILES string of the molecule is CC1CCC(C)N(CCC(=O)ONN)C1. The maximum atomic E-state index is 11.1. The lowest BCUT2D eigenvalue weighted by Crippen LogP contribution is -2.42. The average molecular weight is 215 g/mol. The molecule has 0 spiro atoms. The standard InChI is InChI=1S/C10H21N3O2/c1-8-3-4-9(2)13(7-8)6-5-10(14)15-12-11/h8-9,12H,3-7,11H2,1-2H3. The van der Waals surface area contributed by atoms with Gasteiger partial charge in [0.15, 0.2) is 0 Å². The summed E-state index contributed by atoms with van der Waals surface area (Å²) in [7, 11) is 0. The van der Waals surface area contributed by atoms with Crippen molar-refractivity contribution in [2.75, 3.05) is 13.1 Å². The minimum atomic E-state index is -0.303. The van der Waals surface area contributed by atoms with Crippen LogP contribution in [0.25, 0.3) is 0 Å². The number of nitrogens with one attached hydrogen (secondary N) is 1. The Bertz CT molecular complexity index is 211. The van der Waals surface area contributed by atoms with Crippen LogP contribution >= 0.6 is 0 Å². The number of carbonyl (C=O) groups is 1. The third-order valence-electron chi connectivity index (χ3n) is 3.02. The van der Waals surface area contributed by atoms with Gasteiger partial charge in [-0.05, 0) is 25.7 Å². The molecule has 2 atom stereocenters. The molecule has 0 bridgehead atoms. The number of likely N-dealkylation sites (tertiary alicyclic amines) is 1. The molecule has 88 valence electrons. The molecular weight excluding hydrogens is 194 g/mol. The number of nitrogens with two attached hydrogens (primary N) is 1. The van der Waals surface area contributed by atoms with Crippen LogP contribution < -0.4 is 11.4 Å².